The molecule has 0 fully saturated rings. The number of benzene rings is 5. The SMILES string of the molecule is Cc1ccc(N2c3cc(C)cc4[c]3[Bi]3[c]5c(cc(C)cc5N(c5ccc(C)cc5)c5cc(C)cc2[c]53)O4)cc1. The number of hydrogen-bond acceptors (Lipinski definition) is 3. The van der Waals surface area contributed by atoms with Crippen LogP contribution in [-0.2, 0) is 0 Å². The summed E-state index contributed by atoms with van der Waals surface area (Å²) in [6, 6.07) is 32.1. The molecule has 0 unspecified atom stereocenters. The van der Waals surface area contributed by atoms with Gasteiger partial charge in [0.05, 0.1) is 0 Å². The van der Waals surface area contributed by atoms with Gasteiger partial charge in [-0.3, -0.25) is 0 Å². The molecule has 3 aliphatic heterocycles. The van der Waals surface area contributed by atoms with Gasteiger partial charge in [-0.1, -0.05) is 0 Å². The van der Waals surface area contributed by atoms with E-state index in [9.17, 15) is 0 Å². The van der Waals surface area contributed by atoms with Crippen LogP contribution < -0.4 is 24.4 Å². The van der Waals surface area contributed by atoms with E-state index in [4.69, 9.17) is 4.74 Å². The Morgan fingerprint density at radius 1 is 0.436 bits per heavy atom. The van der Waals surface area contributed by atoms with Gasteiger partial charge >= 0.3 is 239 Å². The Labute approximate surface area is 238 Å². The summed E-state index contributed by atoms with van der Waals surface area (Å²) in [4.78, 5) is 5.01. The van der Waals surface area contributed by atoms with Crippen LogP contribution in [0.2, 0.25) is 0 Å². The number of hydrogen-bond donors (Lipinski definition) is 0. The Balaban J connectivity index is 1.52. The molecule has 5 aromatic carbocycles. The standard InChI is InChI=1S/C35H29N2O.Bi/c1-23-6-10-28(11-7-23)36-30-14-25(3)15-31(20-30)37(29-12-8-24(2)9-13-29)33-17-27(5)19-35(22-33)38-34-18-26(4)16-32(36)21-34;/h6-19H,1-5H3;. The molecular weight excluding hydrogens is 673 g/mol. The van der Waals surface area contributed by atoms with Gasteiger partial charge in [-0.15, -0.1) is 0 Å². The average molecular weight is 703 g/mol. The molecule has 0 saturated heterocycles. The fourth-order valence-corrected chi connectivity index (χ4v) is 17.7. The van der Waals surface area contributed by atoms with Crippen molar-refractivity contribution >= 4 is 65.7 Å². The van der Waals surface area contributed by atoms with E-state index in [2.05, 4.69) is 129 Å². The van der Waals surface area contributed by atoms with Crippen LogP contribution in [0.5, 0.6) is 11.5 Å². The summed E-state index contributed by atoms with van der Waals surface area (Å²) in [7, 11) is 0. The van der Waals surface area contributed by atoms with Crippen molar-refractivity contribution in [3.8, 4) is 11.5 Å². The van der Waals surface area contributed by atoms with E-state index >= 15 is 0 Å². The molecule has 0 spiro atoms. The van der Waals surface area contributed by atoms with Crippen molar-refractivity contribution in [3.63, 3.8) is 0 Å². The minimum atomic E-state index is -2.75. The third kappa shape index (κ3) is 3.31. The Kier molecular flexibility index (Phi) is 4.89. The van der Waals surface area contributed by atoms with Gasteiger partial charge in [-0.05, 0) is 0 Å². The fraction of sp³-hybridized carbons (Fsp3) is 0.143. The average Bonchev–Trinajstić information content (AvgIpc) is 2.89. The van der Waals surface area contributed by atoms with Crippen LogP contribution in [0, 0.1) is 34.6 Å². The first-order valence-corrected chi connectivity index (χ1v) is 18.7. The number of ether oxygens (including phenoxy) is 1. The van der Waals surface area contributed by atoms with Gasteiger partial charge in [0.1, 0.15) is 0 Å². The summed E-state index contributed by atoms with van der Waals surface area (Å²) in [5.74, 6) is 2.12. The van der Waals surface area contributed by atoms with E-state index < -0.39 is 21.8 Å². The zero-order valence-electron chi connectivity index (χ0n) is 22.8. The first-order chi connectivity index (χ1) is 18.9. The molecule has 3 aliphatic rings. The van der Waals surface area contributed by atoms with E-state index in [1.807, 2.05) is 0 Å². The molecule has 0 amide bonds. The molecule has 0 atom stereocenters. The van der Waals surface area contributed by atoms with E-state index in [-0.39, 0.29) is 0 Å². The van der Waals surface area contributed by atoms with Crippen LogP contribution in [0.1, 0.15) is 27.8 Å². The van der Waals surface area contributed by atoms with Crippen molar-refractivity contribution in [2.75, 3.05) is 9.80 Å². The van der Waals surface area contributed by atoms with Crippen molar-refractivity contribution in [2.24, 2.45) is 0 Å². The van der Waals surface area contributed by atoms with Crippen LogP contribution >= 0.6 is 0 Å². The Hall–Kier alpha value is -3.62. The summed E-state index contributed by atoms with van der Waals surface area (Å²) in [5, 5.41) is 0. The maximum atomic E-state index is 6.84. The van der Waals surface area contributed by atoms with Crippen LogP contribution in [-0.4, -0.2) is 21.8 Å². The van der Waals surface area contributed by atoms with Gasteiger partial charge in [0.2, 0.25) is 0 Å². The summed E-state index contributed by atoms with van der Waals surface area (Å²) in [5.41, 5.74) is 14.0. The zero-order chi connectivity index (χ0) is 26.6. The summed E-state index contributed by atoms with van der Waals surface area (Å²) in [6.07, 6.45) is 0. The fourth-order valence-electron chi connectivity index (χ4n) is 6.37. The summed E-state index contributed by atoms with van der Waals surface area (Å²) >= 11 is -2.75. The zero-order valence-corrected chi connectivity index (χ0v) is 26.3. The van der Waals surface area contributed by atoms with Gasteiger partial charge < -0.3 is 0 Å². The minimum absolute atomic E-state index is 1.06. The first-order valence-electron chi connectivity index (χ1n) is 13.5. The Bertz CT molecular complexity index is 1710. The van der Waals surface area contributed by atoms with Crippen LogP contribution in [0.25, 0.3) is 0 Å². The number of aryl methyl sites for hydroxylation is 5. The van der Waals surface area contributed by atoms with Gasteiger partial charge in [-0.25, -0.2) is 0 Å². The molecule has 0 N–H and O–H groups in total. The molecule has 0 saturated carbocycles. The van der Waals surface area contributed by atoms with Crippen LogP contribution in [0.3, 0.4) is 0 Å². The second-order valence-corrected chi connectivity index (χ2v) is 19.0. The number of anilines is 6. The second kappa shape index (κ2) is 8.19. The molecule has 39 heavy (non-hydrogen) atoms. The molecule has 0 radical (unpaired) electrons. The summed E-state index contributed by atoms with van der Waals surface area (Å²) in [6.45, 7) is 10.9. The second-order valence-electron chi connectivity index (χ2n) is 11.2. The first kappa shape index (κ1) is 23.3. The van der Waals surface area contributed by atoms with Crippen LogP contribution in [0.4, 0.5) is 34.1 Å². The van der Waals surface area contributed by atoms with Gasteiger partial charge in [0, 0.05) is 0 Å². The van der Waals surface area contributed by atoms with E-state index in [0.717, 1.165) is 11.5 Å². The van der Waals surface area contributed by atoms with Gasteiger partial charge in [0.25, 0.3) is 0 Å². The number of nitrogens with zero attached hydrogens (tertiary/aromatic N) is 2. The summed E-state index contributed by atoms with van der Waals surface area (Å²) < 4.78 is 11.3. The quantitative estimate of drug-likeness (QED) is 0.175. The molecule has 4 heteroatoms. The van der Waals surface area contributed by atoms with Crippen molar-refractivity contribution in [1.82, 2.24) is 0 Å². The van der Waals surface area contributed by atoms with Crippen molar-refractivity contribution in [2.45, 2.75) is 34.6 Å². The maximum absolute atomic E-state index is 6.84. The Morgan fingerprint density at radius 3 is 1.21 bits per heavy atom. The number of rotatable bonds is 2. The molecule has 3 nitrogen and oxygen atoms in total. The molecule has 0 aliphatic carbocycles. The van der Waals surface area contributed by atoms with Gasteiger partial charge in [0.15, 0.2) is 0 Å². The monoisotopic (exact) mass is 702 g/mol. The van der Waals surface area contributed by atoms with E-state index in [0.29, 0.717) is 0 Å². The van der Waals surface area contributed by atoms with Crippen molar-refractivity contribution in [1.29, 1.82) is 0 Å². The molecule has 8 rings (SSSR count). The third-order valence-corrected chi connectivity index (χ3v) is 18.5. The molecule has 190 valence electrons. The molecule has 0 aromatic heterocycles. The van der Waals surface area contributed by atoms with Gasteiger partial charge in [-0.2, -0.15) is 0 Å². The predicted molar refractivity (Wildman–Crippen MR) is 164 cm³/mol. The topological polar surface area (TPSA) is 15.7 Å². The molecular formula is C35H29BiN2O. The molecule has 0 bridgehead atoms. The van der Waals surface area contributed by atoms with E-state index in [1.165, 1.54) is 68.5 Å². The molecule has 5 aromatic rings. The van der Waals surface area contributed by atoms with Crippen LogP contribution in [0.15, 0.2) is 84.9 Å². The normalized spacial score (nSPS) is 14.3. The van der Waals surface area contributed by atoms with E-state index in [1.54, 1.807) is 3.27 Å². The molecule has 3 heterocycles. The van der Waals surface area contributed by atoms with Crippen molar-refractivity contribution in [3.05, 3.63) is 113 Å². The third-order valence-electron chi connectivity index (χ3n) is 8.05. The Morgan fingerprint density at radius 2 is 0.795 bits per heavy atom. The van der Waals surface area contributed by atoms with Crippen molar-refractivity contribution < 1.29 is 4.74 Å². The predicted octanol–water partition coefficient (Wildman–Crippen LogP) is 7.42.